The summed E-state index contributed by atoms with van der Waals surface area (Å²) in [4.78, 5) is 53.1. The highest BCUT2D eigenvalue weighted by Crippen LogP contribution is 2.19. The number of carboxylic acid groups (broad SMARTS) is 1. The number of hydrogen-bond donors (Lipinski definition) is 6. The van der Waals surface area contributed by atoms with Crippen LogP contribution in [0.1, 0.15) is 32.6 Å². The number of aliphatic carboxylic acids is 1. The molecule has 3 amide bonds. The molecule has 0 saturated carbocycles. The third-order valence-electron chi connectivity index (χ3n) is 4.34. The van der Waals surface area contributed by atoms with E-state index in [0.29, 0.717) is 25.8 Å². The first-order chi connectivity index (χ1) is 13.2. The molecule has 1 aliphatic rings. The Balaban J connectivity index is 2.84. The summed E-state index contributed by atoms with van der Waals surface area (Å²) in [5.41, 5.74) is 15.7. The lowest BCUT2D eigenvalue weighted by molar-refractivity contribution is -0.149. The fourth-order valence-electron chi connectivity index (χ4n) is 2.91. The molecule has 28 heavy (non-hydrogen) atoms. The fraction of sp³-hybridized carbons (Fsp3) is 0.688. The smallest absolute Gasteiger partial charge is 0.326 e. The minimum Gasteiger partial charge on any atom is -0.480 e. The van der Waals surface area contributed by atoms with E-state index in [9.17, 15) is 24.3 Å². The summed E-state index contributed by atoms with van der Waals surface area (Å²) in [6.07, 6.45) is 1.53. The first-order valence-electron chi connectivity index (χ1n) is 9.05. The molecule has 1 saturated heterocycles. The molecular formula is C16H29N7O5. The van der Waals surface area contributed by atoms with Gasteiger partial charge in [0, 0.05) is 13.1 Å². The summed E-state index contributed by atoms with van der Waals surface area (Å²) >= 11 is 0. The van der Waals surface area contributed by atoms with Gasteiger partial charge < -0.3 is 37.8 Å². The number of carbonyl (C=O) groups excluding carboxylic acids is 3. The molecule has 1 rings (SSSR count). The number of carboxylic acids is 1. The number of aliphatic imine (C=N–C) groups is 1. The van der Waals surface area contributed by atoms with Crippen molar-refractivity contribution < 1.29 is 24.3 Å². The molecule has 3 atom stereocenters. The van der Waals surface area contributed by atoms with Gasteiger partial charge in [-0.1, -0.05) is 0 Å². The maximum Gasteiger partial charge on any atom is 0.326 e. The quantitative estimate of drug-likeness (QED) is 0.127. The van der Waals surface area contributed by atoms with Crippen molar-refractivity contribution in [1.29, 1.82) is 0 Å². The van der Waals surface area contributed by atoms with Gasteiger partial charge in [-0.15, -0.1) is 0 Å². The first kappa shape index (κ1) is 23.1. The van der Waals surface area contributed by atoms with Gasteiger partial charge in [-0.3, -0.25) is 19.4 Å². The van der Waals surface area contributed by atoms with Gasteiger partial charge in [-0.25, -0.2) is 4.79 Å². The molecule has 0 aromatic heterocycles. The van der Waals surface area contributed by atoms with Crippen molar-refractivity contribution in [2.45, 2.75) is 50.7 Å². The maximum absolute atomic E-state index is 12.9. The highest BCUT2D eigenvalue weighted by atomic mass is 16.4. The topological polar surface area (TPSA) is 206 Å². The lowest BCUT2D eigenvalue weighted by Gasteiger charge is -2.28. The van der Waals surface area contributed by atoms with Gasteiger partial charge in [-0.05, 0) is 32.6 Å². The summed E-state index contributed by atoms with van der Waals surface area (Å²) in [7, 11) is 0. The third kappa shape index (κ3) is 7.02. The van der Waals surface area contributed by atoms with Crippen LogP contribution in [0.5, 0.6) is 0 Å². The summed E-state index contributed by atoms with van der Waals surface area (Å²) in [6, 6.07) is -2.78. The Hall–Kier alpha value is -2.89. The fourth-order valence-corrected chi connectivity index (χ4v) is 2.91. The highest BCUT2D eigenvalue weighted by Gasteiger charge is 2.37. The number of hydrogen-bond acceptors (Lipinski definition) is 6. The number of nitrogens with two attached hydrogens (primary N) is 3. The van der Waals surface area contributed by atoms with Crippen molar-refractivity contribution in [2.75, 3.05) is 19.6 Å². The van der Waals surface area contributed by atoms with Crippen LogP contribution in [0, 0.1) is 0 Å². The van der Waals surface area contributed by atoms with Crippen LogP contribution < -0.4 is 27.8 Å². The zero-order valence-electron chi connectivity index (χ0n) is 15.9. The molecule has 3 unspecified atom stereocenters. The number of guanidine groups is 1. The standard InChI is InChI=1S/C16H29N7O5/c1-9(21-12(24)8-17)13(25)22-10(4-2-6-20-16(18)19)14(26)23-7-3-5-11(23)15(27)28/h9-11H,2-8,17H2,1H3,(H,21,24)(H,22,25)(H,27,28)(H4,18,19,20). The predicted molar refractivity (Wildman–Crippen MR) is 101 cm³/mol. The van der Waals surface area contributed by atoms with E-state index in [4.69, 9.17) is 17.2 Å². The van der Waals surface area contributed by atoms with Crippen LogP contribution in [-0.2, 0) is 19.2 Å². The van der Waals surface area contributed by atoms with Gasteiger partial charge in [0.15, 0.2) is 5.96 Å². The molecule has 9 N–H and O–H groups in total. The first-order valence-corrected chi connectivity index (χ1v) is 9.05. The summed E-state index contributed by atoms with van der Waals surface area (Å²) in [5.74, 6) is -2.74. The second-order valence-corrected chi connectivity index (χ2v) is 6.53. The van der Waals surface area contributed by atoms with E-state index in [1.807, 2.05) is 0 Å². The Kier molecular flexibility index (Phi) is 9.15. The average molecular weight is 399 g/mol. The molecule has 0 aromatic rings. The molecular weight excluding hydrogens is 370 g/mol. The van der Waals surface area contributed by atoms with Crippen molar-refractivity contribution >= 4 is 29.7 Å². The molecule has 0 aliphatic carbocycles. The number of rotatable bonds is 10. The molecule has 0 bridgehead atoms. The Labute approximate surface area is 162 Å². The van der Waals surface area contributed by atoms with Crippen LogP contribution in [0.4, 0.5) is 0 Å². The zero-order chi connectivity index (χ0) is 21.3. The normalized spacial score (nSPS) is 18.1. The van der Waals surface area contributed by atoms with Gasteiger partial charge in [0.05, 0.1) is 6.54 Å². The minimum atomic E-state index is -1.08. The van der Waals surface area contributed by atoms with Gasteiger partial charge in [-0.2, -0.15) is 0 Å². The number of nitrogens with zero attached hydrogens (tertiary/aromatic N) is 2. The molecule has 1 aliphatic heterocycles. The van der Waals surface area contributed by atoms with Gasteiger partial charge in [0.2, 0.25) is 17.7 Å². The van der Waals surface area contributed by atoms with Crippen molar-refractivity contribution in [3.63, 3.8) is 0 Å². The average Bonchev–Trinajstić information content (AvgIpc) is 3.13. The molecule has 0 spiro atoms. The molecule has 158 valence electrons. The number of amides is 3. The van der Waals surface area contributed by atoms with Crippen LogP contribution in [0.3, 0.4) is 0 Å². The van der Waals surface area contributed by atoms with Crippen molar-refractivity contribution in [3.05, 3.63) is 0 Å². The van der Waals surface area contributed by atoms with E-state index < -0.39 is 41.8 Å². The van der Waals surface area contributed by atoms with Gasteiger partial charge >= 0.3 is 5.97 Å². The highest BCUT2D eigenvalue weighted by molar-refractivity contribution is 5.93. The van der Waals surface area contributed by atoms with E-state index in [1.165, 1.54) is 11.8 Å². The second-order valence-electron chi connectivity index (χ2n) is 6.53. The van der Waals surface area contributed by atoms with Crippen LogP contribution in [0.2, 0.25) is 0 Å². The predicted octanol–water partition coefficient (Wildman–Crippen LogP) is -2.94. The summed E-state index contributed by atoms with van der Waals surface area (Å²) in [5, 5.41) is 14.3. The largest absolute Gasteiger partial charge is 0.480 e. The lowest BCUT2D eigenvalue weighted by atomic mass is 10.1. The molecule has 12 heteroatoms. The minimum absolute atomic E-state index is 0.0875. The van der Waals surface area contributed by atoms with Gasteiger partial charge in [0.25, 0.3) is 0 Å². The lowest BCUT2D eigenvalue weighted by Crippen LogP contribution is -2.55. The Bertz CT molecular complexity index is 621. The van der Waals surface area contributed by atoms with Crippen LogP contribution >= 0.6 is 0 Å². The second kappa shape index (κ2) is 11.1. The van der Waals surface area contributed by atoms with Crippen molar-refractivity contribution in [2.24, 2.45) is 22.2 Å². The van der Waals surface area contributed by atoms with E-state index in [2.05, 4.69) is 15.6 Å². The Morgan fingerprint density at radius 3 is 2.50 bits per heavy atom. The molecule has 0 aromatic carbocycles. The number of nitrogens with one attached hydrogen (secondary N) is 2. The SMILES string of the molecule is CC(NC(=O)CN)C(=O)NC(CCCN=C(N)N)C(=O)N1CCCC1C(=O)O. The van der Waals surface area contributed by atoms with E-state index in [-0.39, 0.29) is 25.5 Å². The summed E-state index contributed by atoms with van der Waals surface area (Å²) < 4.78 is 0. The van der Waals surface area contributed by atoms with Crippen molar-refractivity contribution in [3.8, 4) is 0 Å². The maximum atomic E-state index is 12.9. The number of carbonyl (C=O) groups is 4. The van der Waals surface area contributed by atoms with Crippen molar-refractivity contribution in [1.82, 2.24) is 15.5 Å². The molecule has 1 heterocycles. The van der Waals surface area contributed by atoms with E-state index >= 15 is 0 Å². The number of likely N-dealkylation sites (tertiary alicyclic amines) is 1. The Morgan fingerprint density at radius 1 is 1.25 bits per heavy atom. The monoisotopic (exact) mass is 399 g/mol. The molecule has 12 nitrogen and oxygen atoms in total. The van der Waals surface area contributed by atoms with Crippen LogP contribution in [-0.4, -0.2) is 77.4 Å². The zero-order valence-corrected chi connectivity index (χ0v) is 15.9. The van der Waals surface area contributed by atoms with E-state index in [1.54, 1.807) is 0 Å². The summed E-state index contributed by atoms with van der Waals surface area (Å²) in [6.45, 7) is 1.74. The van der Waals surface area contributed by atoms with E-state index in [0.717, 1.165) is 0 Å². The van der Waals surface area contributed by atoms with Crippen LogP contribution in [0.25, 0.3) is 0 Å². The van der Waals surface area contributed by atoms with Gasteiger partial charge in [0.1, 0.15) is 18.1 Å². The molecule has 1 fully saturated rings. The molecule has 0 radical (unpaired) electrons. The third-order valence-corrected chi connectivity index (χ3v) is 4.34. The Morgan fingerprint density at radius 2 is 1.93 bits per heavy atom. The van der Waals surface area contributed by atoms with Crippen LogP contribution in [0.15, 0.2) is 4.99 Å².